The van der Waals surface area contributed by atoms with Gasteiger partial charge in [0.05, 0.1) is 12.8 Å². The van der Waals surface area contributed by atoms with E-state index in [1.165, 1.54) is 29.1 Å². The molecule has 0 spiro atoms. The van der Waals surface area contributed by atoms with Crippen molar-refractivity contribution in [1.29, 1.82) is 0 Å². The van der Waals surface area contributed by atoms with E-state index >= 15 is 0 Å². The van der Waals surface area contributed by atoms with Crippen LogP contribution in [-0.2, 0) is 12.1 Å². The third-order valence-corrected chi connectivity index (χ3v) is 3.39. The largest absolute Gasteiger partial charge is 0.399 e. The second-order valence-electron chi connectivity index (χ2n) is 4.64. The van der Waals surface area contributed by atoms with Gasteiger partial charge in [0.2, 0.25) is 0 Å². The summed E-state index contributed by atoms with van der Waals surface area (Å²) in [6.07, 6.45) is 1.41. The Bertz CT molecular complexity index is 680. The highest BCUT2D eigenvalue weighted by Crippen LogP contribution is 2.38. The van der Waals surface area contributed by atoms with Crippen LogP contribution in [0.2, 0.25) is 0 Å². The van der Waals surface area contributed by atoms with Crippen molar-refractivity contribution in [3.8, 4) is 0 Å². The third kappa shape index (κ3) is 1.77. The number of halogens is 3. The van der Waals surface area contributed by atoms with Crippen LogP contribution in [0.25, 0.3) is 0 Å². The fourth-order valence-corrected chi connectivity index (χ4v) is 2.33. The second-order valence-corrected chi connectivity index (χ2v) is 4.64. The SMILES string of the molecule is Nc1ccc(F)c(C2(C(F)F)Cn3ccnc3C=N2)c1. The van der Waals surface area contributed by atoms with Crippen molar-refractivity contribution >= 4 is 11.9 Å². The van der Waals surface area contributed by atoms with Gasteiger partial charge in [0, 0.05) is 23.6 Å². The first-order valence-corrected chi connectivity index (χ1v) is 5.93. The summed E-state index contributed by atoms with van der Waals surface area (Å²) in [7, 11) is 0. The van der Waals surface area contributed by atoms with Gasteiger partial charge in [-0.15, -0.1) is 0 Å². The Hall–Kier alpha value is -2.31. The lowest BCUT2D eigenvalue weighted by Gasteiger charge is -2.33. The van der Waals surface area contributed by atoms with Crippen molar-refractivity contribution in [2.24, 2.45) is 4.99 Å². The number of nitrogens with two attached hydrogens (primary N) is 1. The van der Waals surface area contributed by atoms with Crippen LogP contribution in [0.15, 0.2) is 35.6 Å². The molecule has 0 saturated heterocycles. The molecule has 104 valence electrons. The molecule has 0 amide bonds. The first-order chi connectivity index (χ1) is 9.53. The minimum Gasteiger partial charge on any atom is -0.399 e. The fourth-order valence-electron chi connectivity index (χ4n) is 2.33. The summed E-state index contributed by atoms with van der Waals surface area (Å²) in [6, 6.07) is 3.61. The van der Waals surface area contributed by atoms with Crippen molar-refractivity contribution in [2.45, 2.75) is 18.5 Å². The molecule has 0 aliphatic carbocycles. The smallest absolute Gasteiger partial charge is 0.269 e. The van der Waals surface area contributed by atoms with Gasteiger partial charge in [-0.3, -0.25) is 4.99 Å². The molecule has 1 aliphatic heterocycles. The van der Waals surface area contributed by atoms with E-state index in [0.29, 0.717) is 5.82 Å². The predicted octanol–water partition coefficient (Wildman–Crippen LogP) is 2.20. The monoisotopic (exact) mass is 280 g/mol. The highest BCUT2D eigenvalue weighted by Gasteiger charge is 2.45. The van der Waals surface area contributed by atoms with Crippen LogP contribution in [0.1, 0.15) is 11.4 Å². The van der Waals surface area contributed by atoms with Crippen molar-refractivity contribution < 1.29 is 13.2 Å². The van der Waals surface area contributed by atoms with Crippen molar-refractivity contribution in [2.75, 3.05) is 5.73 Å². The maximum atomic E-state index is 14.0. The number of hydrogen-bond donors (Lipinski definition) is 1. The number of aromatic nitrogens is 2. The first-order valence-electron chi connectivity index (χ1n) is 5.93. The minimum absolute atomic E-state index is 0.184. The van der Waals surface area contributed by atoms with Crippen LogP contribution in [0, 0.1) is 5.82 Å². The van der Waals surface area contributed by atoms with Gasteiger partial charge in [-0.2, -0.15) is 0 Å². The number of alkyl halides is 2. The molecule has 1 aromatic heterocycles. The zero-order valence-electron chi connectivity index (χ0n) is 10.3. The Balaban J connectivity index is 2.17. The maximum Gasteiger partial charge on any atom is 0.269 e. The molecule has 1 atom stereocenters. The normalized spacial score (nSPS) is 21.2. The Morgan fingerprint density at radius 2 is 2.15 bits per heavy atom. The standard InChI is InChI=1S/C13H11F3N4/c14-10-2-1-8(17)5-9(10)13(12(15)16)7-20-4-3-18-11(20)6-19-13/h1-6,12H,7,17H2. The molecule has 2 aromatic rings. The molecule has 7 heteroatoms. The number of benzene rings is 1. The lowest BCUT2D eigenvalue weighted by molar-refractivity contribution is 0.0392. The second kappa shape index (κ2) is 4.36. The lowest BCUT2D eigenvalue weighted by atomic mass is 9.89. The average molecular weight is 280 g/mol. The summed E-state index contributed by atoms with van der Waals surface area (Å²) >= 11 is 0. The number of imidazole rings is 1. The number of hydrogen-bond acceptors (Lipinski definition) is 3. The van der Waals surface area contributed by atoms with Gasteiger partial charge in [0.25, 0.3) is 6.43 Å². The molecule has 2 heterocycles. The van der Waals surface area contributed by atoms with Crippen molar-refractivity contribution in [3.05, 3.63) is 47.8 Å². The quantitative estimate of drug-likeness (QED) is 0.857. The summed E-state index contributed by atoms with van der Waals surface area (Å²) in [5.74, 6) is -0.286. The molecule has 0 bridgehead atoms. The molecule has 0 fully saturated rings. The highest BCUT2D eigenvalue weighted by atomic mass is 19.3. The fraction of sp³-hybridized carbons (Fsp3) is 0.231. The van der Waals surface area contributed by atoms with Crippen molar-refractivity contribution in [1.82, 2.24) is 9.55 Å². The Labute approximate surface area is 112 Å². The number of anilines is 1. The van der Waals surface area contributed by atoms with E-state index in [1.54, 1.807) is 6.20 Å². The topological polar surface area (TPSA) is 56.2 Å². The molecular formula is C13H11F3N4. The van der Waals surface area contributed by atoms with E-state index in [0.717, 1.165) is 6.07 Å². The zero-order valence-corrected chi connectivity index (χ0v) is 10.3. The molecule has 0 saturated carbocycles. The Morgan fingerprint density at radius 3 is 2.90 bits per heavy atom. The molecular weight excluding hydrogens is 269 g/mol. The molecule has 2 N–H and O–H groups in total. The van der Waals surface area contributed by atoms with Gasteiger partial charge in [0.1, 0.15) is 5.82 Å². The van der Waals surface area contributed by atoms with E-state index in [4.69, 9.17) is 5.73 Å². The van der Waals surface area contributed by atoms with Crippen molar-refractivity contribution in [3.63, 3.8) is 0 Å². The predicted molar refractivity (Wildman–Crippen MR) is 68.3 cm³/mol. The molecule has 3 rings (SSSR count). The summed E-state index contributed by atoms with van der Waals surface area (Å²) in [5, 5.41) is 0. The molecule has 0 radical (unpaired) electrons. The van der Waals surface area contributed by atoms with Crippen LogP contribution in [0.4, 0.5) is 18.9 Å². The van der Waals surface area contributed by atoms with Crippen LogP contribution in [0.3, 0.4) is 0 Å². The van der Waals surface area contributed by atoms with E-state index in [-0.39, 0.29) is 17.8 Å². The van der Waals surface area contributed by atoms with Crippen LogP contribution in [0.5, 0.6) is 0 Å². The number of rotatable bonds is 2. The Morgan fingerprint density at radius 1 is 1.35 bits per heavy atom. The minimum atomic E-state index is -2.87. The molecule has 20 heavy (non-hydrogen) atoms. The number of nitrogen functional groups attached to an aromatic ring is 1. The van der Waals surface area contributed by atoms with Gasteiger partial charge < -0.3 is 10.3 Å². The van der Waals surface area contributed by atoms with Gasteiger partial charge in [-0.05, 0) is 18.2 Å². The zero-order chi connectivity index (χ0) is 14.3. The summed E-state index contributed by atoms with van der Waals surface area (Å²) in [6.45, 7) is -0.184. The van der Waals surface area contributed by atoms with Gasteiger partial charge in [-0.25, -0.2) is 18.2 Å². The number of aliphatic imine (C=N–C) groups is 1. The van der Waals surface area contributed by atoms with Crippen LogP contribution < -0.4 is 5.73 Å². The van der Waals surface area contributed by atoms with Crippen LogP contribution >= 0.6 is 0 Å². The van der Waals surface area contributed by atoms with E-state index in [2.05, 4.69) is 9.98 Å². The summed E-state index contributed by atoms with van der Waals surface area (Å²) < 4.78 is 42.7. The number of fused-ring (bicyclic) bond motifs is 1. The van der Waals surface area contributed by atoms with E-state index in [9.17, 15) is 13.2 Å². The van der Waals surface area contributed by atoms with Gasteiger partial charge in [-0.1, -0.05) is 0 Å². The van der Waals surface area contributed by atoms with Gasteiger partial charge >= 0.3 is 0 Å². The van der Waals surface area contributed by atoms with Gasteiger partial charge in [0.15, 0.2) is 11.4 Å². The lowest BCUT2D eigenvalue weighted by Crippen LogP contribution is -2.41. The summed E-state index contributed by atoms with van der Waals surface area (Å²) in [5.41, 5.74) is 3.62. The Kier molecular flexibility index (Phi) is 2.77. The van der Waals surface area contributed by atoms with E-state index < -0.39 is 17.8 Å². The van der Waals surface area contributed by atoms with Crippen LogP contribution in [-0.4, -0.2) is 22.2 Å². The maximum absolute atomic E-state index is 14.0. The molecule has 1 aliphatic rings. The molecule has 1 aromatic carbocycles. The number of nitrogens with zero attached hydrogens (tertiary/aromatic N) is 3. The van der Waals surface area contributed by atoms with E-state index in [1.807, 2.05) is 0 Å². The highest BCUT2D eigenvalue weighted by molar-refractivity contribution is 5.76. The molecule has 4 nitrogen and oxygen atoms in total. The summed E-state index contributed by atoms with van der Waals surface area (Å²) in [4.78, 5) is 7.86. The first kappa shape index (κ1) is 12.7. The average Bonchev–Trinajstić information content (AvgIpc) is 2.88. The third-order valence-electron chi connectivity index (χ3n) is 3.39. The molecule has 1 unspecified atom stereocenters.